The standard InChI is InChI=1S/C26H36N2O3/c1-25-13-4-3-5-18(25)6-8-20-21-9-11-24(26(21,2)14-12-22(20)25)27-16-17-15-19(28(30)31)7-10-23(17)29/h7,10,15-16,18,20-22,24,29H,3-6,8-9,11-14H2,1-2H3/t18?,20-,21-,22-,24?,25-,26-/m0/s1. The van der Waals surface area contributed by atoms with Crippen LogP contribution in [0.2, 0.25) is 0 Å². The van der Waals surface area contributed by atoms with Crippen molar-refractivity contribution in [3.8, 4) is 5.75 Å². The Labute approximate surface area is 185 Å². The first kappa shape index (κ1) is 21.0. The van der Waals surface area contributed by atoms with E-state index in [1.54, 1.807) is 6.21 Å². The highest BCUT2D eigenvalue weighted by molar-refractivity contribution is 5.84. The van der Waals surface area contributed by atoms with E-state index in [0.29, 0.717) is 11.0 Å². The van der Waals surface area contributed by atoms with Crippen molar-refractivity contribution in [2.75, 3.05) is 0 Å². The highest BCUT2D eigenvalue weighted by atomic mass is 16.6. The van der Waals surface area contributed by atoms with Gasteiger partial charge in [-0.05, 0) is 91.9 Å². The van der Waals surface area contributed by atoms with Crippen molar-refractivity contribution >= 4 is 11.9 Å². The number of aromatic hydroxyl groups is 1. The first-order valence-electron chi connectivity index (χ1n) is 12.3. The molecule has 4 aliphatic carbocycles. The van der Waals surface area contributed by atoms with Gasteiger partial charge in [0.05, 0.1) is 11.0 Å². The van der Waals surface area contributed by atoms with Gasteiger partial charge in [0.25, 0.3) is 5.69 Å². The van der Waals surface area contributed by atoms with Gasteiger partial charge in [-0.25, -0.2) is 0 Å². The SMILES string of the molecule is C[C@]12CCCCC1CC[C@@H]1[C@@H]2CC[C@]2(C)C(N=Cc3cc([N+](=O)[O-])ccc3O)CC[C@@H]12. The third-order valence-corrected chi connectivity index (χ3v) is 10.1. The Morgan fingerprint density at radius 3 is 2.65 bits per heavy atom. The van der Waals surface area contributed by atoms with Crippen LogP contribution in [0.5, 0.6) is 5.75 Å². The summed E-state index contributed by atoms with van der Waals surface area (Å²) in [7, 11) is 0. The maximum Gasteiger partial charge on any atom is 0.270 e. The van der Waals surface area contributed by atoms with Gasteiger partial charge in [-0.15, -0.1) is 0 Å². The van der Waals surface area contributed by atoms with Crippen molar-refractivity contribution in [3.63, 3.8) is 0 Å². The predicted octanol–water partition coefficient (Wildman–Crippen LogP) is 6.52. The molecule has 31 heavy (non-hydrogen) atoms. The minimum Gasteiger partial charge on any atom is -0.507 e. The zero-order valence-electron chi connectivity index (χ0n) is 18.9. The molecule has 0 spiro atoms. The van der Waals surface area contributed by atoms with Crippen LogP contribution in [0, 0.1) is 44.6 Å². The lowest BCUT2D eigenvalue weighted by atomic mass is 9.45. The number of fused-ring (bicyclic) bond motifs is 5. The molecule has 5 heteroatoms. The van der Waals surface area contributed by atoms with Crippen LogP contribution in [0.3, 0.4) is 0 Å². The van der Waals surface area contributed by atoms with Gasteiger partial charge in [-0.3, -0.25) is 15.1 Å². The van der Waals surface area contributed by atoms with Gasteiger partial charge in [0, 0.05) is 23.9 Å². The molecule has 7 atom stereocenters. The second-order valence-electron chi connectivity index (χ2n) is 11.3. The van der Waals surface area contributed by atoms with E-state index in [0.717, 1.165) is 30.1 Å². The number of nitro groups is 1. The lowest BCUT2D eigenvalue weighted by Gasteiger charge is -2.60. The Balaban J connectivity index is 1.37. The highest BCUT2D eigenvalue weighted by Gasteiger charge is 2.59. The molecule has 1 aromatic carbocycles. The van der Waals surface area contributed by atoms with Crippen LogP contribution in [-0.2, 0) is 0 Å². The molecule has 4 fully saturated rings. The summed E-state index contributed by atoms with van der Waals surface area (Å²) in [6.45, 7) is 5.07. The van der Waals surface area contributed by atoms with Crippen LogP contribution >= 0.6 is 0 Å². The zero-order chi connectivity index (χ0) is 21.8. The number of non-ortho nitro benzene ring substituents is 1. The summed E-state index contributed by atoms with van der Waals surface area (Å²) in [5.74, 6) is 3.46. The van der Waals surface area contributed by atoms with Crippen molar-refractivity contribution < 1.29 is 10.0 Å². The van der Waals surface area contributed by atoms with Crippen molar-refractivity contribution in [2.45, 2.75) is 84.1 Å². The third kappa shape index (κ3) is 3.30. The van der Waals surface area contributed by atoms with Gasteiger partial charge < -0.3 is 5.11 Å². The smallest absolute Gasteiger partial charge is 0.270 e. The molecule has 168 valence electrons. The maximum absolute atomic E-state index is 11.1. The number of benzene rings is 1. The molecule has 0 aromatic heterocycles. The number of nitro benzene ring substituents is 1. The molecule has 1 N–H and O–H groups in total. The zero-order valence-corrected chi connectivity index (χ0v) is 18.9. The van der Waals surface area contributed by atoms with Crippen molar-refractivity contribution in [1.29, 1.82) is 0 Å². The average Bonchev–Trinajstić information content (AvgIpc) is 3.09. The Hall–Kier alpha value is -1.91. The fourth-order valence-electron chi connectivity index (χ4n) is 8.44. The normalized spacial score (nSPS) is 42.1. The first-order chi connectivity index (χ1) is 14.8. The molecule has 1 aromatic rings. The maximum atomic E-state index is 11.1. The fraction of sp³-hybridized carbons (Fsp3) is 0.731. The van der Waals surface area contributed by atoms with Crippen molar-refractivity contribution in [2.24, 2.45) is 39.5 Å². The van der Waals surface area contributed by atoms with Gasteiger partial charge in [0.15, 0.2) is 0 Å². The summed E-state index contributed by atoms with van der Waals surface area (Å²) in [6, 6.07) is 4.40. The van der Waals surface area contributed by atoms with Gasteiger partial charge in [0.1, 0.15) is 5.75 Å². The Morgan fingerprint density at radius 1 is 1.03 bits per heavy atom. The summed E-state index contributed by atoms with van der Waals surface area (Å²) < 4.78 is 0. The molecule has 0 aliphatic heterocycles. The van der Waals surface area contributed by atoms with E-state index in [4.69, 9.17) is 4.99 Å². The largest absolute Gasteiger partial charge is 0.507 e. The molecule has 4 saturated carbocycles. The van der Waals surface area contributed by atoms with Crippen LogP contribution in [0.15, 0.2) is 23.2 Å². The Morgan fingerprint density at radius 2 is 1.84 bits per heavy atom. The van der Waals surface area contributed by atoms with Crippen LogP contribution in [0.4, 0.5) is 5.69 Å². The minimum atomic E-state index is -0.423. The van der Waals surface area contributed by atoms with E-state index in [9.17, 15) is 15.2 Å². The predicted molar refractivity (Wildman–Crippen MR) is 122 cm³/mol. The molecule has 0 radical (unpaired) electrons. The molecule has 0 saturated heterocycles. The number of rotatable bonds is 3. The lowest BCUT2D eigenvalue weighted by molar-refractivity contribution is -0.384. The van der Waals surface area contributed by atoms with Crippen LogP contribution in [0.25, 0.3) is 0 Å². The minimum absolute atomic E-state index is 0.00671. The molecule has 0 amide bonds. The van der Waals surface area contributed by atoms with Gasteiger partial charge in [-0.1, -0.05) is 26.7 Å². The summed E-state index contributed by atoms with van der Waals surface area (Å²) in [6.07, 6.45) is 15.1. The topological polar surface area (TPSA) is 75.7 Å². The highest BCUT2D eigenvalue weighted by Crippen LogP contribution is 2.66. The van der Waals surface area contributed by atoms with Gasteiger partial charge >= 0.3 is 0 Å². The van der Waals surface area contributed by atoms with Crippen LogP contribution < -0.4 is 0 Å². The van der Waals surface area contributed by atoms with E-state index in [1.165, 1.54) is 76.0 Å². The van der Waals surface area contributed by atoms with E-state index in [-0.39, 0.29) is 22.9 Å². The Kier molecular flexibility index (Phi) is 5.14. The second kappa shape index (κ2) is 7.60. The summed E-state index contributed by atoms with van der Waals surface area (Å²) in [5.41, 5.74) is 1.21. The molecule has 5 nitrogen and oxygen atoms in total. The van der Waals surface area contributed by atoms with E-state index in [2.05, 4.69) is 13.8 Å². The molecule has 5 rings (SSSR count). The van der Waals surface area contributed by atoms with Gasteiger partial charge in [0.2, 0.25) is 0 Å². The lowest BCUT2D eigenvalue weighted by Crippen LogP contribution is -2.53. The number of aliphatic imine (C=N–C) groups is 1. The Bertz CT molecular complexity index is 899. The molecule has 4 aliphatic rings. The number of hydrogen-bond acceptors (Lipinski definition) is 4. The summed E-state index contributed by atoms with van der Waals surface area (Å²) in [5, 5.41) is 21.3. The average molecular weight is 425 g/mol. The summed E-state index contributed by atoms with van der Waals surface area (Å²) >= 11 is 0. The van der Waals surface area contributed by atoms with Crippen molar-refractivity contribution in [3.05, 3.63) is 33.9 Å². The second-order valence-corrected chi connectivity index (χ2v) is 11.3. The number of nitrogens with zero attached hydrogens (tertiary/aromatic N) is 2. The molecule has 0 bridgehead atoms. The van der Waals surface area contributed by atoms with E-state index < -0.39 is 4.92 Å². The van der Waals surface area contributed by atoms with Crippen molar-refractivity contribution in [1.82, 2.24) is 0 Å². The number of phenolic OH excluding ortho intramolecular Hbond substituents is 1. The molecular formula is C26H36N2O3. The quantitative estimate of drug-likeness (QED) is 0.341. The monoisotopic (exact) mass is 424 g/mol. The van der Waals surface area contributed by atoms with E-state index in [1.807, 2.05) is 0 Å². The van der Waals surface area contributed by atoms with Gasteiger partial charge in [-0.2, -0.15) is 0 Å². The molecule has 0 heterocycles. The molecule has 2 unspecified atom stereocenters. The number of phenols is 1. The van der Waals surface area contributed by atoms with Crippen LogP contribution in [0.1, 0.15) is 83.6 Å². The van der Waals surface area contributed by atoms with Crippen LogP contribution in [-0.4, -0.2) is 22.3 Å². The third-order valence-electron chi connectivity index (χ3n) is 10.1. The fourth-order valence-corrected chi connectivity index (χ4v) is 8.44. The number of hydrogen-bond donors (Lipinski definition) is 1. The molecular weight excluding hydrogens is 388 g/mol. The van der Waals surface area contributed by atoms with E-state index >= 15 is 0 Å². The first-order valence-corrected chi connectivity index (χ1v) is 12.3. The summed E-state index contributed by atoms with van der Waals surface area (Å²) in [4.78, 5) is 15.6.